The van der Waals surface area contributed by atoms with Crippen LogP contribution >= 0.6 is 0 Å². The molecule has 1 aliphatic carbocycles. The standard InChI is InChI=1S/C21H27N5O2/c1-24-7-6-19(21(24)27)26-10-8-25(9-11-26)16-4-5-18-17(12-16)20(23-14-22-18)28-13-15-2-3-15/h4-5,12,14-15,19H,2-3,6-11,13H2,1H3. The van der Waals surface area contributed by atoms with Crippen LogP contribution in [0.1, 0.15) is 19.3 Å². The summed E-state index contributed by atoms with van der Waals surface area (Å²) in [6, 6.07) is 6.41. The number of rotatable bonds is 5. The molecule has 1 saturated carbocycles. The first kappa shape index (κ1) is 17.7. The highest BCUT2D eigenvalue weighted by Gasteiger charge is 2.35. The maximum atomic E-state index is 12.3. The van der Waals surface area contributed by atoms with Gasteiger partial charge in [-0.2, -0.15) is 0 Å². The third-order valence-corrected chi connectivity index (χ3v) is 6.25. The lowest BCUT2D eigenvalue weighted by atomic mass is 10.1. The molecule has 1 amide bonds. The van der Waals surface area contributed by atoms with E-state index in [4.69, 9.17) is 4.74 Å². The molecule has 148 valence electrons. The Morgan fingerprint density at radius 2 is 1.89 bits per heavy atom. The quantitative estimate of drug-likeness (QED) is 0.787. The van der Waals surface area contributed by atoms with Crippen molar-refractivity contribution in [3.8, 4) is 5.88 Å². The second kappa shape index (κ2) is 7.20. The van der Waals surface area contributed by atoms with Crippen LogP contribution in [0.3, 0.4) is 0 Å². The maximum Gasteiger partial charge on any atom is 0.239 e. The van der Waals surface area contributed by atoms with Gasteiger partial charge in [0.1, 0.15) is 6.33 Å². The van der Waals surface area contributed by atoms with E-state index in [-0.39, 0.29) is 11.9 Å². The van der Waals surface area contributed by atoms with Crippen LogP contribution in [-0.2, 0) is 4.79 Å². The molecule has 3 aliphatic rings. The van der Waals surface area contributed by atoms with Crippen molar-refractivity contribution in [2.45, 2.75) is 25.3 Å². The Labute approximate surface area is 165 Å². The Kier molecular flexibility index (Phi) is 4.55. The van der Waals surface area contributed by atoms with Crippen LogP contribution in [0, 0.1) is 5.92 Å². The van der Waals surface area contributed by atoms with Gasteiger partial charge in [-0.1, -0.05) is 0 Å². The number of hydrogen-bond acceptors (Lipinski definition) is 6. The molecule has 0 N–H and O–H groups in total. The summed E-state index contributed by atoms with van der Waals surface area (Å²) in [5.74, 6) is 1.66. The topological polar surface area (TPSA) is 61.8 Å². The van der Waals surface area contributed by atoms with Gasteiger partial charge in [-0.15, -0.1) is 0 Å². The number of carbonyl (C=O) groups excluding carboxylic acids is 1. The number of fused-ring (bicyclic) bond motifs is 1. The molecule has 1 aromatic heterocycles. The Morgan fingerprint density at radius 1 is 1.07 bits per heavy atom. The third-order valence-electron chi connectivity index (χ3n) is 6.25. The van der Waals surface area contributed by atoms with Gasteiger partial charge in [0.2, 0.25) is 11.8 Å². The van der Waals surface area contributed by atoms with Crippen molar-refractivity contribution in [2.75, 3.05) is 51.3 Å². The fourth-order valence-corrected chi connectivity index (χ4v) is 4.25. The largest absolute Gasteiger partial charge is 0.477 e. The fourth-order valence-electron chi connectivity index (χ4n) is 4.25. The lowest BCUT2D eigenvalue weighted by Gasteiger charge is -2.38. The Balaban J connectivity index is 1.30. The third kappa shape index (κ3) is 3.39. The molecule has 1 aromatic carbocycles. The molecule has 3 fully saturated rings. The number of hydrogen-bond donors (Lipinski definition) is 0. The Bertz CT molecular complexity index is 876. The van der Waals surface area contributed by atoms with E-state index in [1.807, 2.05) is 11.9 Å². The summed E-state index contributed by atoms with van der Waals surface area (Å²) in [6.45, 7) is 5.30. The van der Waals surface area contributed by atoms with Crippen molar-refractivity contribution >= 4 is 22.5 Å². The molecular weight excluding hydrogens is 354 g/mol. The molecule has 3 heterocycles. The number of nitrogens with zero attached hydrogens (tertiary/aromatic N) is 5. The maximum absolute atomic E-state index is 12.3. The average Bonchev–Trinajstić information content (AvgIpc) is 3.51. The number of aromatic nitrogens is 2. The minimum absolute atomic E-state index is 0.0691. The molecule has 5 rings (SSSR count). The average molecular weight is 381 g/mol. The smallest absolute Gasteiger partial charge is 0.239 e. The molecule has 2 aromatic rings. The van der Waals surface area contributed by atoms with Gasteiger partial charge < -0.3 is 14.5 Å². The monoisotopic (exact) mass is 381 g/mol. The van der Waals surface area contributed by atoms with Crippen LogP contribution < -0.4 is 9.64 Å². The Morgan fingerprint density at radius 3 is 2.61 bits per heavy atom. The number of benzene rings is 1. The number of likely N-dealkylation sites (tertiary alicyclic amines) is 1. The van der Waals surface area contributed by atoms with Crippen LogP contribution in [0.5, 0.6) is 5.88 Å². The fraction of sp³-hybridized carbons (Fsp3) is 0.571. The molecular formula is C21H27N5O2. The molecule has 0 bridgehead atoms. The summed E-state index contributed by atoms with van der Waals surface area (Å²) >= 11 is 0. The summed E-state index contributed by atoms with van der Waals surface area (Å²) in [6.07, 6.45) is 5.05. The zero-order chi connectivity index (χ0) is 19.1. The lowest BCUT2D eigenvalue weighted by molar-refractivity contribution is -0.131. The van der Waals surface area contributed by atoms with E-state index in [0.717, 1.165) is 56.7 Å². The van der Waals surface area contributed by atoms with Crippen LogP contribution in [0.4, 0.5) is 5.69 Å². The summed E-state index contributed by atoms with van der Waals surface area (Å²) in [5, 5.41) is 0.982. The van der Waals surface area contributed by atoms with Crippen LogP contribution in [0.15, 0.2) is 24.5 Å². The second-order valence-corrected chi connectivity index (χ2v) is 8.22. The van der Waals surface area contributed by atoms with Gasteiger partial charge in [0.05, 0.1) is 23.6 Å². The van der Waals surface area contributed by atoms with E-state index in [9.17, 15) is 4.79 Å². The van der Waals surface area contributed by atoms with Crippen LogP contribution in [0.2, 0.25) is 0 Å². The molecule has 2 saturated heterocycles. The van der Waals surface area contributed by atoms with E-state index < -0.39 is 0 Å². The number of piperazine rings is 1. The highest BCUT2D eigenvalue weighted by molar-refractivity contribution is 5.87. The summed E-state index contributed by atoms with van der Waals surface area (Å²) in [7, 11) is 1.90. The zero-order valence-electron chi connectivity index (χ0n) is 16.4. The van der Waals surface area contributed by atoms with E-state index in [0.29, 0.717) is 11.8 Å². The molecule has 2 aliphatic heterocycles. The molecule has 0 radical (unpaired) electrons. The Hall–Kier alpha value is -2.41. The van der Waals surface area contributed by atoms with Crippen molar-refractivity contribution in [1.29, 1.82) is 0 Å². The molecule has 7 heteroatoms. The van der Waals surface area contributed by atoms with Gasteiger partial charge in [-0.05, 0) is 43.4 Å². The van der Waals surface area contributed by atoms with Crippen molar-refractivity contribution < 1.29 is 9.53 Å². The molecule has 1 unspecified atom stereocenters. The van der Waals surface area contributed by atoms with Crippen LogP contribution in [-0.4, -0.2) is 78.1 Å². The highest BCUT2D eigenvalue weighted by atomic mass is 16.5. The second-order valence-electron chi connectivity index (χ2n) is 8.22. The van der Waals surface area contributed by atoms with E-state index in [2.05, 4.69) is 38.0 Å². The summed E-state index contributed by atoms with van der Waals surface area (Å²) in [4.78, 5) is 27.6. The number of likely N-dealkylation sites (N-methyl/N-ethyl adjacent to an activating group) is 1. The van der Waals surface area contributed by atoms with Gasteiger partial charge in [0, 0.05) is 45.5 Å². The lowest BCUT2D eigenvalue weighted by Crippen LogP contribution is -2.52. The van der Waals surface area contributed by atoms with Gasteiger partial charge in [0.15, 0.2) is 0 Å². The van der Waals surface area contributed by atoms with Gasteiger partial charge >= 0.3 is 0 Å². The highest BCUT2D eigenvalue weighted by Crippen LogP contribution is 2.32. The first-order chi connectivity index (χ1) is 13.7. The van der Waals surface area contributed by atoms with Crippen molar-refractivity contribution in [1.82, 2.24) is 19.8 Å². The van der Waals surface area contributed by atoms with E-state index in [1.165, 1.54) is 18.5 Å². The first-order valence-corrected chi connectivity index (χ1v) is 10.3. The minimum atomic E-state index is 0.0691. The molecule has 1 atom stereocenters. The van der Waals surface area contributed by atoms with Crippen LogP contribution in [0.25, 0.3) is 10.9 Å². The van der Waals surface area contributed by atoms with Gasteiger partial charge in [-0.3, -0.25) is 9.69 Å². The predicted molar refractivity (Wildman–Crippen MR) is 108 cm³/mol. The number of anilines is 1. The molecule has 7 nitrogen and oxygen atoms in total. The van der Waals surface area contributed by atoms with Crippen molar-refractivity contribution in [3.05, 3.63) is 24.5 Å². The van der Waals surface area contributed by atoms with Gasteiger partial charge in [-0.25, -0.2) is 9.97 Å². The first-order valence-electron chi connectivity index (χ1n) is 10.3. The molecule has 0 spiro atoms. The van der Waals surface area contributed by atoms with Crippen molar-refractivity contribution in [2.24, 2.45) is 5.92 Å². The normalized spacial score (nSPS) is 23.6. The predicted octanol–water partition coefficient (Wildman–Crippen LogP) is 1.77. The van der Waals surface area contributed by atoms with Gasteiger partial charge in [0.25, 0.3) is 0 Å². The van der Waals surface area contributed by atoms with Crippen molar-refractivity contribution in [3.63, 3.8) is 0 Å². The number of ether oxygens (including phenoxy) is 1. The number of amides is 1. The SMILES string of the molecule is CN1CCC(N2CCN(c3ccc4ncnc(OCC5CC5)c4c3)CC2)C1=O. The minimum Gasteiger partial charge on any atom is -0.477 e. The summed E-state index contributed by atoms with van der Waals surface area (Å²) in [5.41, 5.74) is 2.09. The number of carbonyl (C=O) groups is 1. The van der Waals surface area contributed by atoms with E-state index in [1.54, 1.807) is 6.33 Å². The summed E-state index contributed by atoms with van der Waals surface area (Å²) < 4.78 is 5.97. The van der Waals surface area contributed by atoms with E-state index >= 15 is 0 Å². The zero-order valence-corrected chi connectivity index (χ0v) is 16.4. The molecule has 28 heavy (non-hydrogen) atoms.